The van der Waals surface area contributed by atoms with E-state index in [1.165, 1.54) is 6.33 Å². The first-order valence-electron chi connectivity index (χ1n) is 8.18. The van der Waals surface area contributed by atoms with E-state index in [1.807, 2.05) is 4.68 Å². The Balaban J connectivity index is 1.78. The third-order valence-corrected chi connectivity index (χ3v) is 4.48. The minimum atomic E-state index is -0.235. The number of aromatic nitrogens is 4. The van der Waals surface area contributed by atoms with E-state index in [2.05, 4.69) is 66.2 Å². The molecule has 2 aromatic rings. The van der Waals surface area contributed by atoms with Gasteiger partial charge in [-0.25, -0.2) is 14.6 Å². The maximum absolute atomic E-state index is 6.20. The van der Waals surface area contributed by atoms with Crippen LogP contribution in [0.5, 0.6) is 5.88 Å². The highest BCUT2D eigenvalue weighted by molar-refractivity contribution is 5.90. The summed E-state index contributed by atoms with van der Waals surface area (Å²) in [5.74, 6) is 2.52. The average molecular weight is 323 g/mol. The van der Waals surface area contributed by atoms with Gasteiger partial charge in [0.1, 0.15) is 23.3 Å². The highest BCUT2D eigenvalue weighted by atomic mass is 16.5. The Bertz CT molecular complexity index is 885. The summed E-state index contributed by atoms with van der Waals surface area (Å²) in [6, 6.07) is 0. The van der Waals surface area contributed by atoms with E-state index in [4.69, 9.17) is 10.5 Å². The van der Waals surface area contributed by atoms with Crippen molar-refractivity contribution in [1.82, 2.24) is 19.7 Å². The Labute approximate surface area is 140 Å². The van der Waals surface area contributed by atoms with Gasteiger partial charge < -0.3 is 10.5 Å². The SMILES string of the molecule is CC(C)(C)n1nc(OC2=CCC3C=CC=CC23)c2c(N)ncnc21. The van der Waals surface area contributed by atoms with Gasteiger partial charge in [0.2, 0.25) is 0 Å². The van der Waals surface area contributed by atoms with Gasteiger partial charge in [0.05, 0.1) is 5.54 Å². The standard InChI is InChI=1S/C18H21N5O/c1-18(2,3)23-16-14(15(19)20-10-21-16)17(22-23)24-13-9-8-11-6-4-5-7-12(11)13/h4-7,9-12H,8H2,1-3H3,(H2,19,20,21). The molecule has 2 N–H and O–H groups in total. The van der Waals surface area contributed by atoms with Crippen molar-refractivity contribution in [3.8, 4) is 5.88 Å². The normalized spacial score (nSPS) is 22.7. The van der Waals surface area contributed by atoms with Gasteiger partial charge in [0.15, 0.2) is 5.65 Å². The number of nitrogen functional groups attached to an aromatic ring is 1. The first-order valence-corrected chi connectivity index (χ1v) is 8.18. The van der Waals surface area contributed by atoms with Crippen molar-refractivity contribution in [2.45, 2.75) is 32.7 Å². The number of hydrogen-bond donors (Lipinski definition) is 1. The number of fused-ring (bicyclic) bond motifs is 2. The summed E-state index contributed by atoms with van der Waals surface area (Å²) in [4.78, 5) is 8.48. The molecule has 2 aromatic heterocycles. The molecule has 2 aliphatic carbocycles. The first-order chi connectivity index (χ1) is 11.4. The fourth-order valence-corrected chi connectivity index (χ4v) is 3.28. The Morgan fingerprint density at radius 1 is 1.21 bits per heavy atom. The van der Waals surface area contributed by atoms with Crippen LogP contribution < -0.4 is 10.5 Å². The highest BCUT2D eigenvalue weighted by Crippen LogP contribution is 2.39. The molecule has 0 radical (unpaired) electrons. The second-order valence-electron chi connectivity index (χ2n) is 7.25. The smallest absolute Gasteiger partial charge is 0.251 e. The van der Waals surface area contributed by atoms with E-state index in [1.54, 1.807) is 0 Å². The van der Waals surface area contributed by atoms with Crippen LogP contribution in [0.25, 0.3) is 11.0 Å². The molecule has 0 bridgehead atoms. The third kappa shape index (κ3) is 2.29. The number of nitrogens with zero attached hydrogens (tertiary/aromatic N) is 4. The summed E-state index contributed by atoms with van der Waals surface area (Å²) in [5.41, 5.74) is 6.55. The molecule has 24 heavy (non-hydrogen) atoms. The quantitative estimate of drug-likeness (QED) is 0.918. The van der Waals surface area contributed by atoms with Crippen LogP contribution in [0.4, 0.5) is 5.82 Å². The summed E-state index contributed by atoms with van der Waals surface area (Å²) in [6.07, 6.45) is 13.1. The summed E-state index contributed by atoms with van der Waals surface area (Å²) in [7, 11) is 0. The van der Waals surface area contributed by atoms with Gasteiger partial charge in [-0.3, -0.25) is 0 Å². The molecule has 0 saturated heterocycles. The molecule has 124 valence electrons. The molecular formula is C18H21N5O. The van der Waals surface area contributed by atoms with Gasteiger partial charge in [-0.2, -0.15) is 0 Å². The first kappa shape index (κ1) is 14.9. The molecule has 2 aliphatic rings. The van der Waals surface area contributed by atoms with E-state index in [9.17, 15) is 0 Å². The second-order valence-corrected chi connectivity index (χ2v) is 7.25. The van der Waals surface area contributed by atoms with E-state index < -0.39 is 0 Å². The van der Waals surface area contributed by atoms with Gasteiger partial charge in [0.25, 0.3) is 5.88 Å². The summed E-state index contributed by atoms with van der Waals surface area (Å²) in [6.45, 7) is 6.21. The van der Waals surface area contributed by atoms with Gasteiger partial charge in [-0.1, -0.05) is 24.3 Å². The van der Waals surface area contributed by atoms with E-state index in [0.717, 1.165) is 12.2 Å². The van der Waals surface area contributed by atoms with Crippen LogP contribution in [-0.4, -0.2) is 19.7 Å². The molecule has 0 spiro atoms. The summed E-state index contributed by atoms with van der Waals surface area (Å²) in [5, 5.41) is 5.32. The number of hydrogen-bond acceptors (Lipinski definition) is 5. The van der Waals surface area contributed by atoms with E-state index in [0.29, 0.717) is 28.6 Å². The number of ether oxygens (including phenoxy) is 1. The Morgan fingerprint density at radius 2 is 2.00 bits per heavy atom. The van der Waals surface area contributed by atoms with E-state index >= 15 is 0 Å². The lowest BCUT2D eigenvalue weighted by Crippen LogP contribution is -2.23. The lowest BCUT2D eigenvalue weighted by atomic mass is 9.91. The summed E-state index contributed by atoms with van der Waals surface area (Å²) < 4.78 is 8.05. The Kier molecular flexibility index (Phi) is 3.23. The molecule has 2 heterocycles. The summed E-state index contributed by atoms with van der Waals surface area (Å²) >= 11 is 0. The predicted octanol–water partition coefficient (Wildman–Crippen LogP) is 3.19. The van der Waals surface area contributed by atoms with Crippen LogP contribution in [0.1, 0.15) is 27.2 Å². The van der Waals surface area contributed by atoms with Crippen LogP contribution in [-0.2, 0) is 5.54 Å². The molecule has 0 saturated carbocycles. The predicted molar refractivity (Wildman–Crippen MR) is 93.3 cm³/mol. The molecule has 2 unspecified atom stereocenters. The van der Waals surface area contributed by atoms with Crippen molar-refractivity contribution in [3.63, 3.8) is 0 Å². The number of allylic oxidation sites excluding steroid dienone is 5. The molecule has 6 nitrogen and oxygen atoms in total. The molecule has 0 aliphatic heterocycles. The number of nitrogens with two attached hydrogens (primary N) is 1. The second kappa shape index (κ2) is 5.19. The van der Waals surface area contributed by atoms with Crippen LogP contribution in [0, 0.1) is 11.8 Å². The lowest BCUT2D eigenvalue weighted by molar-refractivity contribution is 0.321. The van der Waals surface area contributed by atoms with Gasteiger partial charge in [-0.15, -0.1) is 5.10 Å². The zero-order valence-corrected chi connectivity index (χ0v) is 14.1. The molecule has 0 fully saturated rings. The van der Waals surface area contributed by atoms with Crippen LogP contribution >= 0.6 is 0 Å². The van der Waals surface area contributed by atoms with Crippen molar-refractivity contribution >= 4 is 16.9 Å². The zero-order chi connectivity index (χ0) is 16.9. The van der Waals surface area contributed by atoms with Crippen molar-refractivity contribution in [2.75, 3.05) is 5.73 Å². The topological polar surface area (TPSA) is 78.9 Å². The minimum Gasteiger partial charge on any atom is -0.441 e. The van der Waals surface area contributed by atoms with E-state index in [-0.39, 0.29) is 11.5 Å². The number of anilines is 1. The van der Waals surface area contributed by atoms with Crippen molar-refractivity contribution in [3.05, 3.63) is 42.5 Å². The number of rotatable bonds is 2. The van der Waals surface area contributed by atoms with Crippen LogP contribution in [0.15, 0.2) is 42.5 Å². The lowest BCUT2D eigenvalue weighted by Gasteiger charge is -2.20. The molecule has 6 heteroatoms. The molecule has 0 aromatic carbocycles. The average Bonchev–Trinajstić information content (AvgIpc) is 3.11. The van der Waals surface area contributed by atoms with Crippen molar-refractivity contribution in [1.29, 1.82) is 0 Å². The third-order valence-electron chi connectivity index (χ3n) is 4.48. The van der Waals surface area contributed by atoms with Gasteiger partial charge >= 0.3 is 0 Å². The monoisotopic (exact) mass is 323 g/mol. The van der Waals surface area contributed by atoms with Crippen LogP contribution in [0.2, 0.25) is 0 Å². The maximum atomic E-state index is 6.20. The van der Waals surface area contributed by atoms with Crippen molar-refractivity contribution < 1.29 is 4.74 Å². The Hall–Kier alpha value is -2.63. The molecular weight excluding hydrogens is 302 g/mol. The van der Waals surface area contributed by atoms with Gasteiger partial charge in [-0.05, 0) is 39.2 Å². The molecule has 4 rings (SSSR count). The highest BCUT2D eigenvalue weighted by Gasteiger charge is 2.31. The van der Waals surface area contributed by atoms with Gasteiger partial charge in [0, 0.05) is 5.92 Å². The molecule has 0 amide bonds. The van der Waals surface area contributed by atoms with Crippen molar-refractivity contribution in [2.24, 2.45) is 11.8 Å². The fourth-order valence-electron chi connectivity index (χ4n) is 3.28. The largest absolute Gasteiger partial charge is 0.441 e. The maximum Gasteiger partial charge on any atom is 0.251 e. The fraction of sp³-hybridized carbons (Fsp3) is 0.389. The Morgan fingerprint density at radius 3 is 2.79 bits per heavy atom. The zero-order valence-electron chi connectivity index (χ0n) is 14.1. The van der Waals surface area contributed by atoms with Crippen LogP contribution in [0.3, 0.4) is 0 Å². The minimum absolute atomic E-state index is 0.235. The molecule has 2 atom stereocenters.